The van der Waals surface area contributed by atoms with Crippen molar-refractivity contribution in [2.75, 3.05) is 25.0 Å². The molecule has 2 aromatic carbocycles. The normalized spacial score (nSPS) is 18.6. The summed E-state index contributed by atoms with van der Waals surface area (Å²) in [5.74, 6) is -2.21. The van der Waals surface area contributed by atoms with E-state index in [0.717, 1.165) is 12.1 Å². The number of fused-ring (bicyclic) bond motifs is 2. The molecule has 168 valence electrons. The molecule has 0 aliphatic carbocycles. The molecule has 0 aromatic heterocycles. The fraction of sp³-hybridized carbons (Fsp3) is 0.375. The van der Waals surface area contributed by atoms with E-state index in [-0.39, 0.29) is 47.4 Å². The van der Waals surface area contributed by atoms with Crippen molar-refractivity contribution < 1.29 is 23.2 Å². The summed E-state index contributed by atoms with van der Waals surface area (Å²) < 4.78 is 27.6. The van der Waals surface area contributed by atoms with Crippen LogP contribution < -0.4 is 5.32 Å². The highest BCUT2D eigenvalue weighted by molar-refractivity contribution is 6.10. The average molecular weight is 441 g/mol. The minimum absolute atomic E-state index is 0.0479. The number of carbonyl (C=O) groups is 3. The van der Waals surface area contributed by atoms with Crippen LogP contribution in [0.3, 0.4) is 0 Å². The van der Waals surface area contributed by atoms with E-state index < -0.39 is 17.7 Å². The monoisotopic (exact) mass is 441 g/mol. The summed E-state index contributed by atoms with van der Waals surface area (Å²) in [5.41, 5.74) is 0.940. The van der Waals surface area contributed by atoms with Crippen LogP contribution in [0.2, 0.25) is 0 Å². The van der Waals surface area contributed by atoms with Gasteiger partial charge in [-0.05, 0) is 35.2 Å². The second-order valence-electron chi connectivity index (χ2n) is 9.47. The van der Waals surface area contributed by atoms with E-state index in [1.54, 1.807) is 17.0 Å². The molecule has 8 heteroatoms. The number of hydrogen-bond donors (Lipinski definition) is 1. The molecule has 2 aromatic rings. The van der Waals surface area contributed by atoms with Gasteiger partial charge in [0, 0.05) is 31.1 Å². The summed E-state index contributed by atoms with van der Waals surface area (Å²) in [4.78, 5) is 42.0. The minimum atomic E-state index is -0.807. The molecule has 6 nitrogen and oxygen atoms in total. The van der Waals surface area contributed by atoms with E-state index >= 15 is 0 Å². The maximum Gasteiger partial charge on any atom is 0.256 e. The molecule has 0 bridgehead atoms. The first-order valence-corrected chi connectivity index (χ1v) is 10.5. The Labute approximate surface area is 185 Å². The van der Waals surface area contributed by atoms with Crippen LogP contribution in [0.1, 0.15) is 37.6 Å². The lowest BCUT2D eigenvalue weighted by atomic mass is 9.91. The molecule has 0 radical (unpaired) electrons. The molecule has 1 N–H and O–H groups in total. The van der Waals surface area contributed by atoms with Crippen molar-refractivity contribution in [1.29, 1.82) is 0 Å². The zero-order valence-corrected chi connectivity index (χ0v) is 18.2. The van der Waals surface area contributed by atoms with Crippen molar-refractivity contribution in [3.63, 3.8) is 0 Å². The lowest BCUT2D eigenvalue weighted by Crippen LogP contribution is -2.59. The van der Waals surface area contributed by atoms with Gasteiger partial charge < -0.3 is 15.1 Å². The lowest BCUT2D eigenvalue weighted by molar-refractivity contribution is -0.137. The van der Waals surface area contributed by atoms with Gasteiger partial charge in [0.15, 0.2) is 0 Å². The molecule has 2 aliphatic rings. The Morgan fingerprint density at radius 3 is 2.50 bits per heavy atom. The minimum Gasteiger partial charge on any atom is -0.338 e. The van der Waals surface area contributed by atoms with E-state index in [1.807, 2.05) is 20.8 Å². The van der Waals surface area contributed by atoms with Gasteiger partial charge in [0.1, 0.15) is 17.7 Å². The molecule has 1 saturated heterocycles. The van der Waals surface area contributed by atoms with Gasteiger partial charge in [-0.1, -0.05) is 26.8 Å². The van der Waals surface area contributed by atoms with Crippen LogP contribution in [0, 0.1) is 17.0 Å². The van der Waals surface area contributed by atoms with Gasteiger partial charge in [0.05, 0.1) is 17.8 Å². The number of carbonyl (C=O) groups excluding carboxylic acids is 3. The average Bonchev–Trinajstić information content (AvgIpc) is 2.81. The molecule has 0 saturated carbocycles. The highest BCUT2D eigenvalue weighted by Gasteiger charge is 2.40. The molecule has 2 heterocycles. The first kappa shape index (κ1) is 21.9. The van der Waals surface area contributed by atoms with Crippen molar-refractivity contribution in [1.82, 2.24) is 9.80 Å². The zero-order valence-electron chi connectivity index (χ0n) is 18.2. The number of benzene rings is 2. The molecule has 4 rings (SSSR count). The third-order valence-electron chi connectivity index (χ3n) is 5.73. The molecule has 1 atom stereocenters. The van der Waals surface area contributed by atoms with E-state index in [1.165, 1.54) is 17.0 Å². The lowest BCUT2D eigenvalue weighted by Gasteiger charge is -2.40. The number of rotatable bonds is 2. The Hall–Kier alpha value is -3.29. The smallest absolute Gasteiger partial charge is 0.256 e. The summed E-state index contributed by atoms with van der Waals surface area (Å²) in [7, 11) is 0. The third kappa shape index (κ3) is 4.22. The Balaban J connectivity index is 1.62. The summed E-state index contributed by atoms with van der Waals surface area (Å²) >= 11 is 0. The maximum atomic E-state index is 14.3. The van der Waals surface area contributed by atoms with Gasteiger partial charge in [0.2, 0.25) is 11.8 Å². The molecule has 3 amide bonds. The predicted molar refractivity (Wildman–Crippen MR) is 116 cm³/mol. The Kier molecular flexibility index (Phi) is 5.48. The number of nitrogens with one attached hydrogen (secondary N) is 1. The highest BCUT2D eigenvalue weighted by atomic mass is 19.1. The van der Waals surface area contributed by atoms with Gasteiger partial charge in [-0.15, -0.1) is 0 Å². The fourth-order valence-corrected chi connectivity index (χ4v) is 4.13. The van der Waals surface area contributed by atoms with Crippen molar-refractivity contribution >= 4 is 23.4 Å². The van der Waals surface area contributed by atoms with E-state index in [4.69, 9.17) is 0 Å². The molecule has 0 spiro atoms. The second kappa shape index (κ2) is 8.00. The summed E-state index contributed by atoms with van der Waals surface area (Å²) in [6.45, 7) is 6.61. The number of hydrogen-bond acceptors (Lipinski definition) is 3. The Morgan fingerprint density at radius 2 is 1.81 bits per heavy atom. The van der Waals surface area contributed by atoms with Gasteiger partial charge in [-0.2, -0.15) is 0 Å². The molecular weight excluding hydrogens is 416 g/mol. The largest absolute Gasteiger partial charge is 0.338 e. The standard InChI is InChI=1S/C24H25F2N3O3/c1-24(2,3)12-21(30)28-8-9-29-20(13-28)22(31)27-19-7-4-14(10-17(19)23(29)32)16-6-5-15(25)11-18(16)26/h4-7,10-11,20H,8-9,12-13H2,1-3H3,(H,27,31). The van der Waals surface area contributed by atoms with Crippen molar-refractivity contribution in [2.45, 2.75) is 33.2 Å². The van der Waals surface area contributed by atoms with Crippen LogP contribution in [0.5, 0.6) is 0 Å². The third-order valence-corrected chi connectivity index (χ3v) is 5.73. The first-order valence-electron chi connectivity index (χ1n) is 10.5. The number of amides is 3. The van der Waals surface area contributed by atoms with E-state index in [9.17, 15) is 23.2 Å². The first-order chi connectivity index (χ1) is 15.0. The van der Waals surface area contributed by atoms with Crippen molar-refractivity contribution in [2.24, 2.45) is 5.41 Å². The fourth-order valence-electron chi connectivity index (χ4n) is 4.13. The molecule has 1 unspecified atom stereocenters. The van der Waals surface area contributed by atoms with Crippen LogP contribution in [0.15, 0.2) is 36.4 Å². The number of piperazine rings is 1. The van der Waals surface area contributed by atoms with E-state index in [0.29, 0.717) is 24.2 Å². The highest BCUT2D eigenvalue weighted by Crippen LogP contribution is 2.32. The quantitative estimate of drug-likeness (QED) is 0.773. The SMILES string of the molecule is CC(C)(C)CC(=O)N1CCN2C(=O)c3cc(-c4ccc(F)cc4F)ccc3NC(=O)C2C1. The van der Waals surface area contributed by atoms with Crippen molar-refractivity contribution in [3.8, 4) is 11.1 Å². The number of halogens is 2. The van der Waals surface area contributed by atoms with Gasteiger partial charge in [-0.25, -0.2) is 8.78 Å². The number of nitrogens with zero attached hydrogens (tertiary/aromatic N) is 2. The van der Waals surface area contributed by atoms with Crippen LogP contribution in [-0.2, 0) is 9.59 Å². The van der Waals surface area contributed by atoms with Gasteiger partial charge in [-0.3, -0.25) is 14.4 Å². The molecule has 32 heavy (non-hydrogen) atoms. The van der Waals surface area contributed by atoms with Crippen LogP contribution in [0.4, 0.5) is 14.5 Å². The van der Waals surface area contributed by atoms with E-state index in [2.05, 4.69) is 5.32 Å². The van der Waals surface area contributed by atoms with Crippen LogP contribution in [0.25, 0.3) is 11.1 Å². The molecule has 2 aliphatic heterocycles. The number of anilines is 1. The molecular formula is C24H25F2N3O3. The maximum absolute atomic E-state index is 14.3. The van der Waals surface area contributed by atoms with Gasteiger partial charge >= 0.3 is 0 Å². The summed E-state index contributed by atoms with van der Waals surface area (Å²) in [6.07, 6.45) is 0.349. The zero-order chi connectivity index (χ0) is 23.2. The predicted octanol–water partition coefficient (Wildman–Crippen LogP) is 3.67. The summed E-state index contributed by atoms with van der Waals surface area (Å²) in [6, 6.07) is 7.07. The Morgan fingerprint density at radius 1 is 1.06 bits per heavy atom. The van der Waals surface area contributed by atoms with Crippen LogP contribution >= 0.6 is 0 Å². The topological polar surface area (TPSA) is 69.7 Å². The molecule has 1 fully saturated rings. The van der Waals surface area contributed by atoms with Crippen molar-refractivity contribution in [3.05, 3.63) is 53.6 Å². The van der Waals surface area contributed by atoms with Crippen LogP contribution in [-0.4, -0.2) is 53.2 Å². The second-order valence-corrected chi connectivity index (χ2v) is 9.47. The Bertz CT molecular complexity index is 1110. The van der Waals surface area contributed by atoms with Gasteiger partial charge in [0.25, 0.3) is 5.91 Å². The summed E-state index contributed by atoms with van der Waals surface area (Å²) in [5, 5.41) is 2.77.